The first kappa shape index (κ1) is 20.5. The number of aromatic nitrogens is 1. The Morgan fingerprint density at radius 1 is 0.690 bits per heavy atom. The van der Waals surface area contributed by atoms with Crippen LogP contribution in [0.5, 0.6) is 0 Å². The second-order valence-electron chi connectivity index (χ2n) is 7.25. The molecule has 1 heterocycles. The van der Waals surface area contributed by atoms with Gasteiger partial charge in [0.25, 0.3) is 0 Å². The number of rotatable bonds is 5. The van der Waals surface area contributed by atoms with Crippen LogP contribution in [0, 0.1) is 6.92 Å². The van der Waals surface area contributed by atoms with Gasteiger partial charge in [0.05, 0.1) is 0 Å². The van der Waals surface area contributed by atoms with Gasteiger partial charge in [-0.25, -0.2) is 0 Å². The standard InChI is InChI=1S/C25H22ClINP/c1-20-17-18-21(25(26)28-20)19-29(27,22-11-5-2-6-12-22,23-13-7-3-8-14-23)24-15-9-4-10-16-24/h2-18H,19H2,1H3. The molecule has 0 saturated carbocycles. The van der Waals surface area contributed by atoms with Crippen LogP contribution in [0.4, 0.5) is 0 Å². The summed E-state index contributed by atoms with van der Waals surface area (Å²) in [5.74, 6) is 0. The Kier molecular flexibility index (Phi) is 5.79. The zero-order valence-corrected chi connectivity index (χ0v) is 20.0. The van der Waals surface area contributed by atoms with Crippen LogP contribution in [0.1, 0.15) is 11.3 Å². The summed E-state index contributed by atoms with van der Waals surface area (Å²) in [7, 11) is 0. The van der Waals surface area contributed by atoms with Crippen molar-refractivity contribution >= 4 is 53.8 Å². The van der Waals surface area contributed by atoms with Crippen molar-refractivity contribution in [3.63, 3.8) is 0 Å². The molecule has 1 aromatic heterocycles. The Hall–Kier alpha value is -1.74. The molecule has 0 saturated heterocycles. The van der Waals surface area contributed by atoms with Gasteiger partial charge in [-0.1, -0.05) is 0 Å². The summed E-state index contributed by atoms with van der Waals surface area (Å²) in [4.78, 5) is 4.55. The quantitative estimate of drug-likeness (QED) is 0.165. The van der Waals surface area contributed by atoms with Crippen molar-refractivity contribution in [2.45, 2.75) is 13.1 Å². The van der Waals surface area contributed by atoms with Gasteiger partial charge in [0.15, 0.2) is 0 Å². The monoisotopic (exact) mass is 529 g/mol. The number of pyridine rings is 1. The zero-order valence-electron chi connectivity index (χ0n) is 16.2. The van der Waals surface area contributed by atoms with Crippen LogP contribution < -0.4 is 15.9 Å². The Morgan fingerprint density at radius 2 is 1.10 bits per heavy atom. The molecule has 0 amide bonds. The van der Waals surface area contributed by atoms with Crippen LogP contribution in [-0.4, -0.2) is 4.98 Å². The van der Waals surface area contributed by atoms with E-state index < -0.39 is 4.25 Å². The molecule has 146 valence electrons. The molecule has 4 aromatic rings. The van der Waals surface area contributed by atoms with Crippen molar-refractivity contribution < 1.29 is 0 Å². The van der Waals surface area contributed by atoms with Gasteiger partial charge in [-0.3, -0.25) is 0 Å². The minimum absolute atomic E-state index is 0.596. The molecular weight excluding hydrogens is 508 g/mol. The summed E-state index contributed by atoms with van der Waals surface area (Å²) in [5.41, 5.74) is 2.02. The number of benzene rings is 3. The van der Waals surface area contributed by atoms with Crippen LogP contribution in [0.2, 0.25) is 5.15 Å². The molecule has 4 heteroatoms. The van der Waals surface area contributed by atoms with Gasteiger partial charge in [0.2, 0.25) is 0 Å². The second kappa shape index (κ2) is 8.18. The van der Waals surface area contributed by atoms with Gasteiger partial charge >= 0.3 is 191 Å². The van der Waals surface area contributed by atoms with E-state index in [-0.39, 0.29) is 0 Å². The third-order valence-corrected chi connectivity index (χ3v) is 16.8. The van der Waals surface area contributed by atoms with Crippen molar-refractivity contribution in [2.24, 2.45) is 0 Å². The fourth-order valence-corrected chi connectivity index (χ4v) is 13.0. The van der Waals surface area contributed by atoms with Crippen LogP contribution in [0.3, 0.4) is 0 Å². The van der Waals surface area contributed by atoms with E-state index in [0.29, 0.717) is 5.15 Å². The Labute approximate surface area is 190 Å². The Bertz CT molecular complexity index is 1020. The molecule has 0 radical (unpaired) electrons. The molecular formula is C25H22ClINP. The topological polar surface area (TPSA) is 12.9 Å². The number of hydrogen-bond donors (Lipinski definition) is 0. The fraction of sp³-hybridized carbons (Fsp3) is 0.0800. The molecule has 0 bridgehead atoms. The van der Waals surface area contributed by atoms with E-state index in [4.69, 9.17) is 11.6 Å². The predicted molar refractivity (Wildman–Crippen MR) is 137 cm³/mol. The summed E-state index contributed by atoms with van der Waals surface area (Å²) in [6, 6.07) is 36.8. The van der Waals surface area contributed by atoms with E-state index in [1.54, 1.807) is 0 Å². The minimum atomic E-state index is -2.89. The molecule has 0 unspecified atom stereocenters. The van der Waals surface area contributed by atoms with Crippen LogP contribution >= 0.6 is 37.9 Å². The van der Waals surface area contributed by atoms with Gasteiger partial charge in [-0.15, -0.1) is 0 Å². The molecule has 0 atom stereocenters. The van der Waals surface area contributed by atoms with Crippen molar-refractivity contribution in [1.29, 1.82) is 0 Å². The number of nitrogens with zero attached hydrogens (tertiary/aromatic N) is 1. The van der Waals surface area contributed by atoms with E-state index in [9.17, 15) is 0 Å². The molecule has 0 fully saturated rings. The maximum atomic E-state index is 6.67. The molecule has 4 rings (SSSR count). The third kappa shape index (κ3) is 3.63. The summed E-state index contributed by atoms with van der Waals surface area (Å²) in [5, 5.41) is 4.62. The van der Waals surface area contributed by atoms with E-state index in [2.05, 4.69) is 130 Å². The summed E-state index contributed by atoms with van der Waals surface area (Å²) < 4.78 is -2.89. The number of aryl methyl sites for hydroxylation is 1. The first-order chi connectivity index (χ1) is 14.0. The molecule has 29 heavy (non-hydrogen) atoms. The summed E-state index contributed by atoms with van der Waals surface area (Å²) in [6.07, 6.45) is 0.816. The number of hydrogen-bond acceptors (Lipinski definition) is 1. The maximum absolute atomic E-state index is 6.67. The van der Waals surface area contributed by atoms with E-state index in [0.717, 1.165) is 17.4 Å². The van der Waals surface area contributed by atoms with Gasteiger partial charge in [0, 0.05) is 0 Å². The SMILES string of the molecule is Cc1ccc(CP(I)(c2ccccc2)(c2ccccc2)c2ccccc2)c(Cl)n1. The van der Waals surface area contributed by atoms with Gasteiger partial charge in [-0.05, 0) is 0 Å². The van der Waals surface area contributed by atoms with Gasteiger partial charge in [-0.2, -0.15) is 0 Å². The Morgan fingerprint density at radius 3 is 1.48 bits per heavy atom. The average Bonchev–Trinajstić information content (AvgIpc) is 2.78. The molecule has 0 N–H and O–H groups in total. The zero-order chi connectivity index (χ0) is 20.3. The first-order valence-corrected chi connectivity index (χ1v) is 15.1. The van der Waals surface area contributed by atoms with Crippen molar-refractivity contribution in [3.8, 4) is 0 Å². The molecule has 0 aliphatic carbocycles. The van der Waals surface area contributed by atoms with E-state index in [1.807, 2.05) is 6.92 Å². The van der Waals surface area contributed by atoms with Crippen molar-refractivity contribution in [3.05, 3.63) is 120 Å². The fourth-order valence-electron chi connectivity index (χ4n) is 3.93. The third-order valence-electron chi connectivity index (χ3n) is 5.42. The van der Waals surface area contributed by atoms with Crippen LogP contribution in [-0.2, 0) is 6.16 Å². The first-order valence-electron chi connectivity index (χ1n) is 9.54. The second-order valence-corrected chi connectivity index (χ2v) is 18.2. The van der Waals surface area contributed by atoms with Crippen LogP contribution in [0.15, 0.2) is 103 Å². The average molecular weight is 530 g/mol. The molecule has 0 aliphatic rings. The van der Waals surface area contributed by atoms with Crippen molar-refractivity contribution in [1.82, 2.24) is 4.98 Å². The predicted octanol–water partition coefficient (Wildman–Crippen LogP) is 6.42. The van der Waals surface area contributed by atoms with Gasteiger partial charge < -0.3 is 0 Å². The van der Waals surface area contributed by atoms with E-state index >= 15 is 0 Å². The van der Waals surface area contributed by atoms with Crippen LogP contribution in [0.25, 0.3) is 0 Å². The molecule has 0 aliphatic heterocycles. The Balaban J connectivity index is 2.09. The molecule has 0 spiro atoms. The summed E-state index contributed by atoms with van der Waals surface area (Å²) in [6.45, 7) is 1.98. The van der Waals surface area contributed by atoms with Gasteiger partial charge in [0.1, 0.15) is 0 Å². The normalized spacial score (nSPS) is 12.9. The number of halogens is 2. The van der Waals surface area contributed by atoms with Crippen molar-refractivity contribution in [2.75, 3.05) is 0 Å². The molecule has 3 aromatic carbocycles. The molecule has 1 nitrogen and oxygen atoms in total. The summed E-state index contributed by atoms with van der Waals surface area (Å²) >= 11 is 9.45. The van der Waals surface area contributed by atoms with E-state index in [1.165, 1.54) is 15.9 Å².